The largest absolute Gasteiger partial charge is 2.00 e. The van der Waals surface area contributed by atoms with Crippen molar-refractivity contribution >= 4 is 0 Å². The van der Waals surface area contributed by atoms with Gasteiger partial charge in [0.15, 0.2) is 0 Å². The van der Waals surface area contributed by atoms with Crippen LogP contribution in [0, 0.1) is 19.4 Å². The van der Waals surface area contributed by atoms with E-state index in [-0.39, 0.29) is 18.6 Å². The van der Waals surface area contributed by atoms with Crippen LogP contribution in [-0.4, -0.2) is 0 Å². The molecule has 71 valence electrons. The van der Waals surface area contributed by atoms with Gasteiger partial charge in [-0.05, 0) is 0 Å². The zero-order valence-corrected chi connectivity index (χ0v) is 10.0. The fourth-order valence-corrected chi connectivity index (χ4v) is 1.72. The summed E-state index contributed by atoms with van der Waals surface area (Å²) < 4.78 is 0. The van der Waals surface area contributed by atoms with Crippen molar-refractivity contribution in [1.82, 2.24) is 0 Å². The maximum atomic E-state index is 3.33. The summed E-state index contributed by atoms with van der Waals surface area (Å²) in [7, 11) is 0. The van der Waals surface area contributed by atoms with Gasteiger partial charge >= 0.3 is 18.6 Å². The quantitative estimate of drug-likeness (QED) is 0.637. The zero-order chi connectivity index (χ0) is 9.26. The van der Waals surface area contributed by atoms with Crippen LogP contribution in [0.5, 0.6) is 0 Å². The minimum absolute atomic E-state index is 0. The van der Waals surface area contributed by atoms with Crippen LogP contribution >= 0.6 is 0 Å². The molecule has 0 N–H and O–H groups in total. The Morgan fingerprint density at radius 3 is 2.64 bits per heavy atom. The van der Waals surface area contributed by atoms with Gasteiger partial charge in [-0.1, -0.05) is 12.8 Å². The van der Waals surface area contributed by atoms with E-state index < -0.39 is 0 Å². The van der Waals surface area contributed by atoms with Crippen LogP contribution in [0.4, 0.5) is 0 Å². The summed E-state index contributed by atoms with van der Waals surface area (Å²) in [6.07, 6.45) is 5.66. The average Bonchev–Trinajstić information content (AvgIpc) is 2.53. The van der Waals surface area contributed by atoms with E-state index in [1.54, 1.807) is 0 Å². The van der Waals surface area contributed by atoms with Crippen molar-refractivity contribution in [2.75, 3.05) is 0 Å². The van der Waals surface area contributed by atoms with Gasteiger partial charge in [0.25, 0.3) is 0 Å². The Morgan fingerprint density at radius 2 is 2.14 bits per heavy atom. The summed E-state index contributed by atoms with van der Waals surface area (Å²) >= 11 is 0. The van der Waals surface area contributed by atoms with Gasteiger partial charge in [0, 0.05) is 0 Å². The predicted molar refractivity (Wildman–Crippen MR) is 55.4 cm³/mol. The van der Waals surface area contributed by atoms with E-state index in [9.17, 15) is 0 Å². The Hall–Kier alpha value is -0.586. The van der Waals surface area contributed by atoms with Gasteiger partial charge in [-0.15, -0.1) is 13.3 Å². The third-order valence-electron chi connectivity index (χ3n) is 2.55. The second-order valence-electron chi connectivity index (χ2n) is 3.84. The van der Waals surface area contributed by atoms with Gasteiger partial charge < -0.3 is 0 Å². The number of benzene rings is 1. The number of allylic oxidation sites excluding steroid dienone is 2. The molecule has 0 saturated carbocycles. The summed E-state index contributed by atoms with van der Waals surface area (Å²) in [6.45, 7) is 4.28. The Bertz CT molecular complexity index is 322. The van der Waals surface area contributed by atoms with Crippen molar-refractivity contribution in [2.24, 2.45) is 0 Å². The van der Waals surface area contributed by atoms with Crippen LogP contribution in [0.15, 0.2) is 29.8 Å². The third-order valence-corrected chi connectivity index (χ3v) is 2.55. The van der Waals surface area contributed by atoms with E-state index in [2.05, 4.69) is 50.6 Å². The van der Waals surface area contributed by atoms with Crippen molar-refractivity contribution in [2.45, 2.75) is 26.2 Å². The van der Waals surface area contributed by atoms with Crippen molar-refractivity contribution < 1.29 is 18.6 Å². The second kappa shape index (κ2) is 4.77. The molecule has 0 heterocycles. The molecule has 0 aliphatic heterocycles. The topological polar surface area (TPSA) is 0 Å². The first kappa shape index (κ1) is 11.5. The normalized spacial score (nSPS) is 19.6. The molecule has 0 fully saturated rings. The smallest absolute Gasteiger partial charge is 0.229 e. The minimum atomic E-state index is 0. The summed E-state index contributed by atoms with van der Waals surface area (Å²) in [5, 5.41) is 0. The molecule has 0 aromatic heterocycles. The molecular formula is C13H14V. The Kier molecular flexibility index (Phi) is 3.91. The Morgan fingerprint density at radius 1 is 1.36 bits per heavy atom. The molecule has 1 aromatic carbocycles. The maximum absolute atomic E-state index is 3.33. The van der Waals surface area contributed by atoms with Crippen LogP contribution in [0.3, 0.4) is 0 Å². The molecule has 1 unspecified atom stereocenters. The van der Waals surface area contributed by atoms with E-state index in [0.717, 1.165) is 0 Å². The van der Waals surface area contributed by atoms with Gasteiger partial charge in [0.1, 0.15) is 0 Å². The van der Waals surface area contributed by atoms with Crippen molar-refractivity contribution in [3.63, 3.8) is 0 Å². The molecule has 1 atom stereocenters. The summed E-state index contributed by atoms with van der Waals surface area (Å²) in [5.74, 6) is 0.570. The Labute approximate surface area is 98.3 Å². The molecule has 0 amide bonds. The molecule has 0 saturated heterocycles. The third kappa shape index (κ3) is 2.46. The van der Waals surface area contributed by atoms with E-state index in [4.69, 9.17) is 0 Å². The molecule has 0 nitrogen and oxygen atoms in total. The first-order chi connectivity index (χ1) is 6.25. The van der Waals surface area contributed by atoms with Crippen LogP contribution in [0.1, 0.15) is 30.4 Å². The van der Waals surface area contributed by atoms with E-state index in [0.29, 0.717) is 5.92 Å². The van der Waals surface area contributed by atoms with Gasteiger partial charge in [-0.2, -0.15) is 35.4 Å². The Balaban J connectivity index is 0.000000980. The molecule has 1 aromatic rings. The molecular weight excluding hydrogens is 207 g/mol. The summed E-state index contributed by atoms with van der Waals surface area (Å²) in [4.78, 5) is 0. The molecule has 1 aliphatic rings. The van der Waals surface area contributed by atoms with Crippen molar-refractivity contribution in [3.05, 3.63) is 53.5 Å². The van der Waals surface area contributed by atoms with E-state index in [1.807, 2.05) is 0 Å². The van der Waals surface area contributed by atoms with Crippen LogP contribution in [0.2, 0.25) is 0 Å². The van der Waals surface area contributed by atoms with Gasteiger partial charge in [0.2, 0.25) is 0 Å². The number of rotatable bonds is 1. The van der Waals surface area contributed by atoms with Gasteiger partial charge in [0.05, 0.1) is 0 Å². The fraction of sp³-hybridized carbons (Fsp3) is 0.308. The molecule has 14 heavy (non-hydrogen) atoms. The fourth-order valence-electron chi connectivity index (χ4n) is 1.72. The molecule has 1 heteroatoms. The van der Waals surface area contributed by atoms with Crippen LogP contribution in [-0.2, 0) is 18.6 Å². The summed E-state index contributed by atoms with van der Waals surface area (Å²) in [6, 6.07) is 9.74. The predicted octanol–water partition coefficient (Wildman–Crippen LogP) is 3.43. The maximum Gasteiger partial charge on any atom is 2.00 e. The first-order valence-corrected chi connectivity index (χ1v) is 4.74. The molecule has 1 aliphatic carbocycles. The van der Waals surface area contributed by atoms with Crippen LogP contribution < -0.4 is 0 Å². The van der Waals surface area contributed by atoms with Crippen molar-refractivity contribution in [1.29, 1.82) is 0 Å². The molecule has 0 spiro atoms. The monoisotopic (exact) mass is 221 g/mol. The molecule has 2 rings (SSSR count). The molecule has 1 radical (unpaired) electrons. The standard InChI is InChI=1S/C13H14.V/c1-10-3-6-12(7-4-10)13-8-5-11(2)9-13;/h3-6,8,13H,9H2,1-2H3;/q-2;+2. The minimum Gasteiger partial charge on any atom is -0.229 e. The van der Waals surface area contributed by atoms with Gasteiger partial charge in [-0.3, -0.25) is 0 Å². The number of aryl methyl sites for hydroxylation is 1. The number of hydrogen-bond donors (Lipinski definition) is 0. The summed E-state index contributed by atoms with van der Waals surface area (Å²) in [5.41, 5.74) is 4.07. The zero-order valence-electron chi connectivity index (χ0n) is 8.62. The second-order valence-corrected chi connectivity index (χ2v) is 3.84. The first-order valence-electron chi connectivity index (χ1n) is 4.74. The molecule has 0 bridgehead atoms. The van der Waals surface area contributed by atoms with Crippen LogP contribution in [0.25, 0.3) is 0 Å². The van der Waals surface area contributed by atoms with Gasteiger partial charge in [-0.25, -0.2) is 18.1 Å². The number of hydrogen-bond acceptors (Lipinski definition) is 0. The van der Waals surface area contributed by atoms with E-state index >= 15 is 0 Å². The van der Waals surface area contributed by atoms with E-state index in [1.165, 1.54) is 23.1 Å². The van der Waals surface area contributed by atoms with Crippen molar-refractivity contribution in [3.8, 4) is 0 Å². The average molecular weight is 221 g/mol. The SMILES string of the molecule is CC1=C[CH-]C(c2[c-]cc(C)cc2)C1.[V+2].